The van der Waals surface area contributed by atoms with Crippen LogP contribution in [0.3, 0.4) is 0 Å². The van der Waals surface area contributed by atoms with Crippen molar-refractivity contribution in [3.05, 3.63) is 54.9 Å². The van der Waals surface area contributed by atoms with Gasteiger partial charge < -0.3 is 4.90 Å². The Bertz CT molecular complexity index is 817. The third kappa shape index (κ3) is 3.72. The number of hydrogen-bond donors (Lipinski definition) is 0. The molecule has 2 heterocycles. The summed E-state index contributed by atoms with van der Waals surface area (Å²) >= 11 is 0. The van der Waals surface area contributed by atoms with Gasteiger partial charge in [-0.05, 0) is 37.1 Å². The number of piperidine rings is 1. The Morgan fingerprint density at radius 1 is 1.12 bits per heavy atom. The molecular formula is C18H21N3O3S. The highest BCUT2D eigenvalue weighted by Crippen LogP contribution is 2.26. The molecular weight excluding hydrogens is 338 g/mol. The molecule has 1 fully saturated rings. The van der Waals surface area contributed by atoms with E-state index in [1.165, 1.54) is 10.5 Å². The van der Waals surface area contributed by atoms with Crippen LogP contribution < -0.4 is 4.90 Å². The number of carbonyl (C=O) groups is 1. The van der Waals surface area contributed by atoms with Crippen molar-refractivity contribution in [2.45, 2.75) is 17.7 Å². The summed E-state index contributed by atoms with van der Waals surface area (Å²) < 4.78 is 26.7. The lowest BCUT2D eigenvalue weighted by Crippen LogP contribution is -2.43. The number of pyridine rings is 1. The predicted octanol–water partition coefficient (Wildman–Crippen LogP) is 2.15. The highest BCUT2D eigenvalue weighted by molar-refractivity contribution is 7.89. The van der Waals surface area contributed by atoms with Gasteiger partial charge in [-0.3, -0.25) is 9.78 Å². The average molecular weight is 359 g/mol. The molecule has 25 heavy (non-hydrogen) atoms. The average Bonchev–Trinajstić information content (AvgIpc) is 2.68. The van der Waals surface area contributed by atoms with E-state index < -0.39 is 10.0 Å². The van der Waals surface area contributed by atoms with E-state index in [1.807, 2.05) is 30.3 Å². The molecule has 6 nitrogen and oxygen atoms in total. The van der Waals surface area contributed by atoms with E-state index in [2.05, 4.69) is 4.98 Å². The van der Waals surface area contributed by atoms with Gasteiger partial charge >= 0.3 is 0 Å². The summed E-state index contributed by atoms with van der Waals surface area (Å²) in [6.07, 6.45) is 3.95. The second-order valence-corrected chi connectivity index (χ2v) is 8.04. The van der Waals surface area contributed by atoms with Crippen LogP contribution in [-0.2, 0) is 14.8 Å². The molecule has 1 amide bonds. The number of benzene rings is 1. The number of sulfonamides is 1. The summed E-state index contributed by atoms with van der Waals surface area (Å²) in [5, 5.41) is 0. The third-order valence-corrected chi connectivity index (χ3v) is 6.43. The lowest BCUT2D eigenvalue weighted by Gasteiger charge is -2.32. The van der Waals surface area contributed by atoms with Crippen molar-refractivity contribution >= 4 is 21.6 Å². The SMILES string of the molecule is CN(C(=O)C1CCN(S(=O)(=O)c2cccnc2)CC1)c1ccccc1. The van der Waals surface area contributed by atoms with E-state index >= 15 is 0 Å². The van der Waals surface area contributed by atoms with Crippen LogP contribution in [0, 0.1) is 5.92 Å². The normalized spacial score (nSPS) is 16.5. The molecule has 0 spiro atoms. The van der Waals surface area contributed by atoms with Crippen molar-refractivity contribution in [1.29, 1.82) is 0 Å². The molecule has 1 aliphatic rings. The quantitative estimate of drug-likeness (QED) is 0.839. The van der Waals surface area contributed by atoms with Gasteiger partial charge in [-0.15, -0.1) is 0 Å². The van der Waals surface area contributed by atoms with Crippen molar-refractivity contribution in [2.24, 2.45) is 5.92 Å². The zero-order valence-electron chi connectivity index (χ0n) is 14.1. The van der Waals surface area contributed by atoms with Gasteiger partial charge in [-0.25, -0.2) is 8.42 Å². The van der Waals surface area contributed by atoms with Crippen molar-refractivity contribution in [3.63, 3.8) is 0 Å². The second-order valence-electron chi connectivity index (χ2n) is 6.10. The minimum absolute atomic E-state index is 0.0321. The van der Waals surface area contributed by atoms with E-state index in [0.29, 0.717) is 25.9 Å². The number of aromatic nitrogens is 1. The van der Waals surface area contributed by atoms with E-state index in [-0.39, 0.29) is 16.7 Å². The second kappa shape index (κ2) is 7.33. The van der Waals surface area contributed by atoms with E-state index in [4.69, 9.17) is 0 Å². The highest BCUT2D eigenvalue weighted by atomic mass is 32.2. The lowest BCUT2D eigenvalue weighted by atomic mass is 9.96. The standard InChI is InChI=1S/C18H21N3O3S/c1-20(16-6-3-2-4-7-16)18(22)15-9-12-21(13-10-15)25(23,24)17-8-5-11-19-14-17/h2-8,11,14-15H,9-10,12-13H2,1H3. The fourth-order valence-corrected chi connectivity index (χ4v) is 4.48. The predicted molar refractivity (Wildman–Crippen MR) is 95.6 cm³/mol. The number of amides is 1. The summed E-state index contributed by atoms with van der Waals surface area (Å²) in [5.41, 5.74) is 0.845. The van der Waals surface area contributed by atoms with Gasteiger partial charge in [0.15, 0.2) is 0 Å². The molecule has 3 rings (SSSR count). The minimum atomic E-state index is -3.54. The first-order valence-electron chi connectivity index (χ1n) is 8.23. The van der Waals surface area contributed by atoms with Gasteiger partial charge in [0.1, 0.15) is 4.90 Å². The smallest absolute Gasteiger partial charge is 0.244 e. The number of nitrogens with zero attached hydrogens (tertiary/aromatic N) is 3. The number of carbonyl (C=O) groups excluding carboxylic acids is 1. The molecule has 0 unspecified atom stereocenters. The Morgan fingerprint density at radius 3 is 2.40 bits per heavy atom. The first-order valence-corrected chi connectivity index (χ1v) is 9.67. The van der Waals surface area contributed by atoms with E-state index in [1.54, 1.807) is 30.3 Å². The van der Waals surface area contributed by atoms with E-state index in [9.17, 15) is 13.2 Å². The molecule has 132 valence electrons. The fraction of sp³-hybridized carbons (Fsp3) is 0.333. The zero-order valence-corrected chi connectivity index (χ0v) is 14.9. The van der Waals surface area contributed by atoms with Crippen LogP contribution in [0.1, 0.15) is 12.8 Å². The molecule has 0 bridgehead atoms. The Hall–Kier alpha value is -2.25. The third-order valence-electron chi connectivity index (χ3n) is 4.55. The Kier molecular flexibility index (Phi) is 5.15. The number of hydrogen-bond acceptors (Lipinski definition) is 4. The lowest BCUT2D eigenvalue weighted by molar-refractivity contribution is -0.123. The molecule has 1 saturated heterocycles. The van der Waals surface area contributed by atoms with Gasteiger partial charge in [0, 0.05) is 44.1 Å². The Labute approximate surface area is 148 Å². The Morgan fingerprint density at radius 2 is 1.80 bits per heavy atom. The first-order chi connectivity index (χ1) is 12.0. The number of para-hydroxylation sites is 1. The van der Waals surface area contributed by atoms with Crippen LogP contribution in [0.4, 0.5) is 5.69 Å². The van der Waals surface area contributed by atoms with Crippen LogP contribution >= 0.6 is 0 Å². The Balaban J connectivity index is 1.65. The van der Waals surface area contributed by atoms with Crippen LogP contribution in [0.2, 0.25) is 0 Å². The molecule has 2 aromatic rings. The molecule has 1 aromatic carbocycles. The molecule has 0 atom stereocenters. The van der Waals surface area contributed by atoms with Gasteiger partial charge in [0.25, 0.3) is 0 Å². The fourth-order valence-electron chi connectivity index (χ4n) is 3.04. The molecule has 0 N–H and O–H groups in total. The molecule has 7 heteroatoms. The maximum Gasteiger partial charge on any atom is 0.244 e. The number of anilines is 1. The van der Waals surface area contributed by atoms with Gasteiger partial charge in [-0.1, -0.05) is 18.2 Å². The van der Waals surface area contributed by atoms with Crippen LogP contribution in [0.25, 0.3) is 0 Å². The molecule has 0 aliphatic carbocycles. The number of rotatable bonds is 4. The van der Waals surface area contributed by atoms with Crippen molar-refractivity contribution < 1.29 is 13.2 Å². The molecule has 0 radical (unpaired) electrons. The summed E-state index contributed by atoms with van der Waals surface area (Å²) in [5.74, 6) is -0.129. The van der Waals surface area contributed by atoms with Gasteiger partial charge in [-0.2, -0.15) is 4.31 Å². The maximum atomic E-state index is 12.7. The summed E-state index contributed by atoms with van der Waals surface area (Å²) in [6.45, 7) is 0.687. The summed E-state index contributed by atoms with van der Waals surface area (Å²) in [6, 6.07) is 12.6. The topological polar surface area (TPSA) is 70.6 Å². The molecule has 1 aromatic heterocycles. The minimum Gasteiger partial charge on any atom is -0.315 e. The van der Waals surface area contributed by atoms with Crippen molar-refractivity contribution in [1.82, 2.24) is 9.29 Å². The van der Waals surface area contributed by atoms with E-state index in [0.717, 1.165) is 5.69 Å². The molecule has 1 aliphatic heterocycles. The summed E-state index contributed by atoms with van der Waals surface area (Å²) in [7, 11) is -1.78. The van der Waals surface area contributed by atoms with Gasteiger partial charge in [0.2, 0.25) is 15.9 Å². The molecule has 0 saturated carbocycles. The zero-order chi connectivity index (χ0) is 17.9. The van der Waals surface area contributed by atoms with Crippen LogP contribution in [0.5, 0.6) is 0 Å². The van der Waals surface area contributed by atoms with Crippen LogP contribution in [0.15, 0.2) is 59.8 Å². The summed E-state index contributed by atoms with van der Waals surface area (Å²) in [4.78, 5) is 18.4. The van der Waals surface area contributed by atoms with Crippen molar-refractivity contribution in [3.8, 4) is 0 Å². The maximum absolute atomic E-state index is 12.7. The van der Waals surface area contributed by atoms with Crippen molar-refractivity contribution in [2.75, 3.05) is 25.0 Å². The van der Waals surface area contributed by atoms with Crippen LogP contribution in [-0.4, -0.2) is 43.8 Å². The first kappa shape index (κ1) is 17.6. The monoisotopic (exact) mass is 359 g/mol. The largest absolute Gasteiger partial charge is 0.315 e. The highest BCUT2D eigenvalue weighted by Gasteiger charge is 2.33. The van der Waals surface area contributed by atoms with Gasteiger partial charge in [0.05, 0.1) is 0 Å².